The quantitative estimate of drug-likeness (QED) is 0.125. The fourth-order valence-electron chi connectivity index (χ4n) is 4.14. The first-order chi connectivity index (χ1) is 19.3. The van der Waals surface area contributed by atoms with Crippen LogP contribution in [0.25, 0.3) is 10.9 Å². The van der Waals surface area contributed by atoms with E-state index < -0.39 is 50.0 Å². The maximum atomic E-state index is 13.1. The van der Waals surface area contributed by atoms with E-state index >= 15 is 0 Å². The summed E-state index contributed by atoms with van der Waals surface area (Å²) in [5.74, 6) is -3.03. The second-order valence-electron chi connectivity index (χ2n) is 9.26. The summed E-state index contributed by atoms with van der Waals surface area (Å²) in [6, 6.07) is 7.99. The average molecular weight is 591 g/mol. The molecule has 0 saturated carbocycles. The van der Waals surface area contributed by atoms with Crippen molar-refractivity contribution >= 4 is 42.4 Å². The van der Waals surface area contributed by atoms with Gasteiger partial charge in [0.2, 0.25) is 17.7 Å². The number of aromatic hydroxyl groups is 1. The summed E-state index contributed by atoms with van der Waals surface area (Å²) in [7, 11) is -4.75. The van der Waals surface area contributed by atoms with Gasteiger partial charge in [-0.1, -0.05) is 12.1 Å². The van der Waals surface area contributed by atoms with Gasteiger partial charge in [-0.15, -0.1) is 0 Å². The first-order valence-corrected chi connectivity index (χ1v) is 14.0. The third-order valence-electron chi connectivity index (χ3n) is 6.01. The number of hydrogen-bond acceptors (Lipinski definition) is 7. The van der Waals surface area contributed by atoms with Gasteiger partial charge in [-0.3, -0.25) is 29.0 Å². The lowest BCUT2D eigenvalue weighted by Crippen LogP contribution is -2.54. The van der Waals surface area contributed by atoms with Crippen LogP contribution in [0, 0.1) is 0 Å². The molecule has 220 valence electrons. The van der Waals surface area contributed by atoms with Gasteiger partial charge in [0.1, 0.15) is 23.6 Å². The molecule has 0 aliphatic carbocycles. The summed E-state index contributed by atoms with van der Waals surface area (Å²) in [6.45, 7) is 1.37. The molecule has 0 spiro atoms. The monoisotopic (exact) mass is 590 g/mol. The van der Waals surface area contributed by atoms with Crippen molar-refractivity contribution in [1.29, 1.82) is 0 Å². The molecule has 2 aromatic carbocycles. The van der Waals surface area contributed by atoms with Gasteiger partial charge in [-0.25, -0.2) is 4.57 Å². The van der Waals surface area contributed by atoms with Crippen LogP contribution in [-0.4, -0.2) is 67.3 Å². The normalized spacial score (nSPS) is 12.8. The van der Waals surface area contributed by atoms with Crippen molar-refractivity contribution in [3.8, 4) is 11.5 Å². The number of phosphoric ester groups is 1. The number of phosphoric acid groups is 1. The molecule has 1 aromatic heterocycles. The number of carboxylic acids is 1. The van der Waals surface area contributed by atoms with Crippen molar-refractivity contribution in [3.05, 3.63) is 59.8 Å². The molecule has 0 aliphatic rings. The van der Waals surface area contributed by atoms with Gasteiger partial charge in [0, 0.05) is 43.4 Å². The zero-order valence-electron chi connectivity index (χ0n) is 22.0. The summed E-state index contributed by atoms with van der Waals surface area (Å²) < 4.78 is 15.5. The molecular weight excluding hydrogens is 559 g/mol. The number of carbonyl (C=O) groups is 4. The Morgan fingerprint density at radius 2 is 1.71 bits per heavy atom. The molecule has 15 heteroatoms. The second kappa shape index (κ2) is 13.8. The first kappa shape index (κ1) is 31.1. The Morgan fingerprint density at radius 3 is 2.34 bits per heavy atom. The molecule has 8 N–H and O–H groups in total. The second-order valence-corrected chi connectivity index (χ2v) is 10.4. The number of phenolic OH excluding ortho intramolecular Hbond substituents is 1. The highest BCUT2D eigenvalue weighted by atomic mass is 31.2. The van der Waals surface area contributed by atoms with E-state index in [-0.39, 0.29) is 30.9 Å². The van der Waals surface area contributed by atoms with Crippen molar-refractivity contribution in [2.24, 2.45) is 0 Å². The fourth-order valence-corrected chi connectivity index (χ4v) is 4.54. The van der Waals surface area contributed by atoms with Crippen LogP contribution in [0.5, 0.6) is 11.5 Å². The number of aromatic amines is 1. The van der Waals surface area contributed by atoms with E-state index in [9.17, 15) is 28.8 Å². The third-order valence-corrected chi connectivity index (χ3v) is 6.45. The van der Waals surface area contributed by atoms with E-state index in [2.05, 4.69) is 25.5 Å². The molecule has 3 amide bonds. The van der Waals surface area contributed by atoms with E-state index in [0.717, 1.165) is 16.5 Å². The SMILES string of the molecule is CC(=O)N[C@@H](Cc1ccc(OP(=O)(O)O)cc1)C(=O)N[C@@H](CCC(=O)O)C(=O)NCCc1c[nH]c2ccc(O)cc12. The summed E-state index contributed by atoms with van der Waals surface area (Å²) >= 11 is 0. The molecule has 3 rings (SSSR count). The van der Waals surface area contributed by atoms with Gasteiger partial charge in [0.25, 0.3) is 0 Å². The Bertz CT molecular complexity index is 1450. The molecule has 0 aliphatic heterocycles. The van der Waals surface area contributed by atoms with Crippen molar-refractivity contribution < 1.29 is 48.3 Å². The van der Waals surface area contributed by atoms with Crippen molar-refractivity contribution in [2.75, 3.05) is 6.54 Å². The zero-order chi connectivity index (χ0) is 30.2. The minimum absolute atomic E-state index is 0.0394. The largest absolute Gasteiger partial charge is 0.524 e. The molecule has 3 aromatic rings. The van der Waals surface area contributed by atoms with Crippen LogP contribution >= 0.6 is 7.82 Å². The van der Waals surface area contributed by atoms with Crippen molar-refractivity contribution in [1.82, 2.24) is 20.9 Å². The maximum absolute atomic E-state index is 13.1. The van der Waals surface area contributed by atoms with Crippen molar-refractivity contribution in [3.63, 3.8) is 0 Å². The molecule has 41 heavy (non-hydrogen) atoms. The number of fused-ring (bicyclic) bond motifs is 1. The number of carbonyl (C=O) groups excluding carboxylic acids is 3. The molecule has 0 fully saturated rings. The number of amides is 3. The van der Waals surface area contributed by atoms with E-state index in [0.29, 0.717) is 12.0 Å². The molecule has 0 radical (unpaired) electrons. The number of H-pyrrole nitrogens is 1. The summed E-state index contributed by atoms with van der Waals surface area (Å²) in [5.41, 5.74) is 2.15. The predicted molar refractivity (Wildman–Crippen MR) is 146 cm³/mol. The summed E-state index contributed by atoms with van der Waals surface area (Å²) in [5, 5.41) is 27.4. The third kappa shape index (κ3) is 9.94. The number of rotatable bonds is 14. The highest BCUT2D eigenvalue weighted by Crippen LogP contribution is 2.37. The van der Waals surface area contributed by atoms with Crippen LogP contribution in [0.3, 0.4) is 0 Å². The number of aromatic nitrogens is 1. The Kier molecular flexibility index (Phi) is 10.5. The van der Waals surface area contributed by atoms with Crippen LogP contribution in [0.15, 0.2) is 48.7 Å². The first-order valence-electron chi connectivity index (χ1n) is 12.5. The van der Waals surface area contributed by atoms with Crippen LogP contribution < -0.4 is 20.5 Å². The van der Waals surface area contributed by atoms with Gasteiger partial charge >= 0.3 is 13.8 Å². The lowest BCUT2D eigenvalue weighted by molar-refractivity contribution is -0.138. The Morgan fingerprint density at radius 1 is 1.00 bits per heavy atom. The minimum Gasteiger partial charge on any atom is -0.508 e. The number of phenols is 1. The Hall–Kier alpha value is -4.39. The van der Waals surface area contributed by atoms with Crippen LogP contribution in [0.4, 0.5) is 0 Å². The zero-order valence-corrected chi connectivity index (χ0v) is 22.9. The van der Waals surface area contributed by atoms with Crippen LogP contribution in [0.2, 0.25) is 0 Å². The highest BCUT2D eigenvalue weighted by Gasteiger charge is 2.27. The molecule has 0 unspecified atom stereocenters. The number of aliphatic carboxylic acids is 1. The smallest absolute Gasteiger partial charge is 0.508 e. The Labute approximate surface area is 234 Å². The number of benzene rings is 2. The van der Waals surface area contributed by atoms with Gasteiger partial charge in [0.05, 0.1) is 0 Å². The summed E-state index contributed by atoms with van der Waals surface area (Å²) in [4.78, 5) is 70.0. The minimum atomic E-state index is -4.75. The number of nitrogens with one attached hydrogen (secondary N) is 4. The van der Waals surface area contributed by atoms with Gasteiger partial charge in [-0.05, 0) is 54.3 Å². The van der Waals surface area contributed by atoms with Gasteiger partial charge < -0.3 is 35.7 Å². The van der Waals surface area contributed by atoms with E-state index in [4.69, 9.17) is 14.9 Å². The predicted octanol–water partition coefficient (Wildman–Crippen LogP) is 1.10. The number of carboxylic acid groups (broad SMARTS) is 1. The number of hydrogen-bond donors (Lipinski definition) is 8. The summed E-state index contributed by atoms with van der Waals surface area (Å²) in [6.07, 6.45) is 1.51. The Balaban J connectivity index is 1.66. The van der Waals surface area contributed by atoms with Gasteiger partial charge in [-0.2, -0.15) is 0 Å². The van der Waals surface area contributed by atoms with Crippen molar-refractivity contribution in [2.45, 2.75) is 44.7 Å². The molecule has 2 atom stereocenters. The average Bonchev–Trinajstić information content (AvgIpc) is 3.27. The molecule has 14 nitrogen and oxygen atoms in total. The van der Waals surface area contributed by atoms with E-state index in [1.165, 1.54) is 31.2 Å². The highest BCUT2D eigenvalue weighted by molar-refractivity contribution is 7.46. The van der Waals surface area contributed by atoms with Gasteiger partial charge in [0.15, 0.2) is 0 Å². The standard InChI is InChI=1S/C26H31N4O10P/c1-15(31)29-23(12-16-2-5-19(6-3-16)40-41(37,38)39)26(36)30-22(8-9-24(33)34)25(35)27-11-10-17-14-28-21-7-4-18(32)13-20(17)21/h2-7,13-14,22-23,28,32H,8-12H2,1H3,(H,27,35)(H,29,31)(H,30,36)(H,33,34)(H2,37,38,39)/t22-,23-/m0/s1. The fraction of sp³-hybridized carbons (Fsp3) is 0.308. The van der Waals surface area contributed by atoms with Crippen LogP contribution in [-0.2, 0) is 36.6 Å². The molecule has 0 bridgehead atoms. The van der Waals surface area contributed by atoms with E-state index in [1.54, 1.807) is 24.4 Å². The lowest BCUT2D eigenvalue weighted by atomic mass is 10.0. The van der Waals surface area contributed by atoms with Crippen LogP contribution in [0.1, 0.15) is 30.9 Å². The molecular formula is C26H31N4O10P. The lowest BCUT2D eigenvalue weighted by Gasteiger charge is -2.23. The molecule has 0 saturated heterocycles. The topological polar surface area (TPSA) is 227 Å². The van der Waals surface area contributed by atoms with E-state index in [1.807, 2.05) is 0 Å². The molecule has 1 heterocycles. The maximum Gasteiger partial charge on any atom is 0.524 e.